The van der Waals surface area contributed by atoms with Crippen molar-refractivity contribution in [2.24, 2.45) is 5.41 Å². The summed E-state index contributed by atoms with van der Waals surface area (Å²) in [6, 6.07) is 7.52. The molecule has 0 saturated heterocycles. The molecule has 0 atom stereocenters. The molecule has 1 aromatic rings. The van der Waals surface area contributed by atoms with E-state index in [0.29, 0.717) is 5.75 Å². The van der Waals surface area contributed by atoms with E-state index in [4.69, 9.17) is 0 Å². The van der Waals surface area contributed by atoms with Crippen LogP contribution in [0.2, 0.25) is 0 Å². The number of phenolic OH excluding ortho intramolecular Hbond substituents is 1. The van der Waals surface area contributed by atoms with Gasteiger partial charge in [0.15, 0.2) is 0 Å². The maximum Gasteiger partial charge on any atom is 0.118 e. The Bertz CT molecular complexity index is 258. The molecule has 0 aromatic heterocycles. The summed E-state index contributed by atoms with van der Waals surface area (Å²) in [5, 5.41) is 9.47. The van der Waals surface area contributed by atoms with Gasteiger partial charge in [0.05, 0.1) is 0 Å². The number of aromatic hydroxyl groups is 1. The molecule has 0 aliphatic carbocycles. The minimum Gasteiger partial charge on any atom is -0.508 e. The fraction of sp³-hybridized carbons (Fsp3) is 0.455. The summed E-state index contributed by atoms with van der Waals surface area (Å²) in [4.78, 5) is 0. The second-order valence-electron chi connectivity index (χ2n) is 4.37. The van der Waals surface area contributed by atoms with Crippen LogP contribution in [0, 0.1) is 5.41 Å². The highest BCUT2D eigenvalue weighted by molar-refractivity contribution is 5.32. The van der Waals surface area contributed by atoms with Gasteiger partial charge >= 0.3 is 0 Å². The van der Waals surface area contributed by atoms with Crippen molar-refractivity contribution in [3.05, 3.63) is 29.8 Å². The lowest BCUT2D eigenvalue weighted by Crippen LogP contribution is -2.08. The molecule has 0 bridgehead atoms. The second kappa shape index (κ2) is 3.18. The van der Waals surface area contributed by atoms with Gasteiger partial charge in [0, 0.05) is 0 Å². The van der Waals surface area contributed by atoms with Crippen LogP contribution >= 0.6 is 0 Å². The maximum atomic E-state index is 9.47. The Morgan fingerprint density at radius 3 is 2.25 bits per heavy atom. The van der Waals surface area contributed by atoms with Gasteiger partial charge in [-0.1, -0.05) is 39.0 Å². The van der Waals surface area contributed by atoms with Gasteiger partial charge < -0.3 is 5.11 Å². The highest BCUT2D eigenvalue weighted by Crippen LogP contribution is 2.25. The number of rotatable bonds is 1. The summed E-state index contributed by atoms with van der Waals surface area (Å²) < 4.78 is 0. The molecule has 0 aliphatic rings. The largest absolute Gasteiger partial charge is 0.508 e. The first-order chi connectivity index (χ1) is 5.49. The lowest BCUT2D eigenvalue weighted by atomic mass is 9.88. The minimum atomic E-state index is 0.235. The molecule has 0 aliphatic heterocycles. The molecule has 1 N–H and O–H groups in total. The van der Waals surface area contributed by atoms with Crippen LogP contribution in [-0.2, 0) is 6.42 Å². The Labute approximate surface area is 74.1 Å². The molecular weight excluding hydrogens is 148 g/mol. The Morgan fingerprint density at radius 2 is 1.75 bits per heavy atom. The van der Waals surface area contributed by atoms with Gasteiger partial charge in [-0.25, -0.2) is 0 Å². The molecule has 1 rings (SSSR count). The average Bonchev–Trinajstić information content (AvgIpc) is 1.91. The van der Waals surface area contributed by atoms with E-state index in [1.54, 1.807) is 6.07 Å². The molecule has 66 valence electrons. The first-order valence-electron chi connectivity index (χ1n) is 4.26. The van der Waals surface area contributed by atoms with Crippen molar-refractivity contribution in [1.82, 2.24) is 0 Å². The van der Waals surface area contributed by atoms with Crippen molar-refractivity contribution in [1.29, 1.82) is 0 Å². The Balaban J connectivity index is 2.83. The molecule has 0 heterocycles. The highest BCUT2D eigenvalue weighted by Gasteiger charge is 2.12. The Hall–Kier alpha value is -0.980. The van der Waals surface area contributed by atoms with Crippen molar-refractivity contribution in [2.45, 2.75) is 27.2 Å². The van der Waals surface area contributed by atoms with Crippen molar-refractivity contribution < 1.29 is 5.11 Å². The fourth-order valence-corrected chi connectivity index (χ4v) is 1.23. The molecule has 1 nitrogen and oxygen atoms in total. The quantitative estimate of drug-likeness (QED) is 0.676. The highest BCUT2D eigenvalue weighted by atomic mass is 16.3. The van der Waals surface area contributed by atoms with E-state index in [1.807, 2.05) is 18.2 Å². The maximum absolute atomic E-state index is 9.47. The summed E-state index contributed by atoms with van der Waals surface area (Å²) in [7, 11) is 0. The number of phenols is 1. The summed E-state index contributed by atoms with van der Waals surface area (Å²) >= 11 is 0. The van der Waals surface area contributed by atoms with Gasteiger partial charge in [0.25, 0.3) is 0 Å². The lowest BCUT2D eigenvalue weighted by Gasteiger charge is -2.18. The van der Waals surface area contributed by atoms with Gasteiger partial charge in [-0.05, 0) is 23.5 Å². The molecule has 0 radical (unpaired) electrons. The molecule has 0 amide bonds. The molecule has 1 heteroatoms. The van der Waals surface area contributed by atoms with E-state index in [0.717, 1.165) is 12.0 Å². The number of hydrogen-bond donors (Lipinski definition) is 1. The van der Waals surface area contributed by atoms with E-state index >= 15 is 0 Å². The normalized spacial score (nSPS) is 11.6. The van der Waals surface area contributed by atoms with Crippen LogP contribution in [0.25, 0.3) is 0 Å². The molecule has 0 unspecified atom stereocenters. The van der Waals surface area contributed by atoms with Crippen LogP contribution in [0.15, 0.2) is 24.3 Å². The standard InChI is InChI=1S/C11H16O/c1-11(2,3)8-9-6-4-5-7-10(9)12/h4-7,12H,8H2,1-3H3. The summed E-state index contributed by atoms with van der Waals surface area (Å²) in [5.74, 6) is 0.410. The summed E-state index contributed by atoms with van der Waals surface area (Å²) in [6.07, 6.45) is 0.916. The van der Waals surface area contributed by atoms with Crippen LogP contribution < -0.4 is 0 Å². The smallest absolute Gasteiger partial charge is 0.118 e. The molecule has 0 fully saturated rings. The molecular formula is C11H16O. The second-order valence-corrected chi connectivity index (χ2v) is 4.37. The summed E-state index contributed by atoms with van der Waals surface area (Å²) in [6.45, 7) is 6.50. The predicted molar refractivity (Wildman–Crippen MR) is 51.3 cm³/mol. The van der Waals surface area contributed by atoms with Crippen LogP contribution in [0.4, 0.5) is 0 Å². The third kappa shape index (κ3) is 2.57. The van der Waals surface area contributed by atoms with Crippen molar-refractivity contribution in [2.75, 3.05) is 0 Å². The monoisotopic (exact) mass is 164 g/mol. The van der Waals surface area contributed by atoms with Gasteiger partial charge in [-0.3, -0.25) is 0 Å². The third-order valence-corrected chi connectivity index (χ3v) is 1.71. The minimum absolute atomic E-state index is 0.235. The van der Waals surface area contributed by atoms with Gasteiger partial charge in [0.2, 0.25) is 0 Å². The lowest BCUT2D eigenvalue weighted by molar-refractivity contribution is 0.395. The van der Waals surface area contributed by atoms with E-state index in [2.05, 4.69) is 20.8 Å². The molecule has 1 aromatic carbocycles. The topological polar surface area (TPSA) is 20.2 Å². The van der Waals surface area contributed by atoms with E-state index in [1.165, 1.54) is 0 Å². The zero-order valence-corrected chi connectivity index (χ0v) is 7.96. The average molecular weight is 164 g/mol. The van der Waals surface area contributed by atoms with Crippen LogP contribution in [0.5, 0.6) is 5.75 Å². The van der Waals surface area contributed by atoms with Crippen LogP contribution in [0.3, 0.4) is 0 Å². The molecule has 12 heavy (non-hydrogen) atoms. The van der Waals surface area contributed by atoms with Crippen LogP contribution in [0.1, 0.15) is 26.3 Å². The van der Waals surface area contributed by atoms with Crippen LogP contribution in [-0.4, -0.2) is 5.11 Å². The SMILES string of the molecule is CC(C)(C)Cc1ccccc1O. The summed E-state index contributed by atoms with van der Waals surface area (Å²) in [5.41, 5.74) is 1.27. The van der Waals surface area contributed by atoms with Crippen molar-refractivity contribution in [3.8, 4) is 5.75 Å². The van der Waals surface area contributed by atoms with E-state index in [9.17, 15) is 5.11 Å². The number of para-hydroxylation sites is 1. The molecule has 0 spiro atoms. The molecule has 0 saturated carbocycles. The third-order valence-electron chi connectivity index (χ3n) is 1.71. The predicted octanol–water partition coefficient (Wildman–Crippen LogP) is 2.98. The van der Waals surface area contributed by atoms with Gasteiger partial charge in [-0.15, -0.1) is 0 Å². The van der Waals surface area contributed by atoms with E-state index in [-0.39, 0.29) is 5.41 Å². The van der Waals surface area contributed by atoms with Crippen molar-refractivity contribution in [3.63, 3.8) is 0 Å². The fourth-order valence-electron chi connectivity index (χ4n) is 1.23. The first kappa shape index (κ1) is 9.11. The Morgan fingerprint density at radius 1 is 1.17 bits per heavy atom. The zero-order valence-electron chi connectivity index (χ0n) is 7.96. The first-order valence-corrected chi connectivity index (χ1v) is 4.26. The number of hydrogen-bond acceptors (Lipinski definition) is 1. The zero-order chi connectivity index (χ0) is 9.19. The van der Waals surface area contributed by atoms with Crippen molar-refractivity contribution >= 4 is 0 Å². The Kier molecular flexibility index (Phi) is 2.41. The van der Waals surface area contributed by atoms with E-state index < -0.39 is 0 Å². The van der Waals surface area contributed by atoms with Gasteiger partial charge in [0.1, 0.15) is 5.75 Å². The van der Waals surface area contributed by atoms with Gasteiger partial charge in [-0.2, -0.15) is 0 Å². The number of benzene rings is 1.